The molecule has 0 aliphatic rings. The van der Waals surface area contributed by atoms with Crippen LogP contribution in [-0.4, -0.2) is 0 Å². The third-order valence-electron chi connectivity index (χ3n) is 3.36. The van der Waals surface area contributed by atoms with Gasteiger partial charge in [0, 0.05) is 0 Å². The molecule has 0 aromatic heterocycles. The van der Waals surface area contributed by atoms with Gasteiger partial charge in [-0.2, -0.15) is 0 Å². The Balaban J connectivity index is 2.38. The van der Waals surface area contributed by atoms with Crippen molar-refractivity contribution in [1.82, 2.24) is 0 Å². The van der Waals surface area contributed by atoms with Crippen LogP contribution in [0.3, 0.4) is 0 Å². The normalized spacial score (nSPS) is 11.5. The Labute approximate surface area is 120 Å². The summed E-state index contributed by atoms with van der Waals surface area (Å²) in [6.07, 6.45) is 0. The highest BCUT2D eigenvalue weighted by atomic mass is 19.1. The van der Waals surface area contributed by atoms with E-state index in [9.17, 15) is 4.39 Å². The van der Waals surface area contributed by atoms with Crippen molar-refractivity contribution in [1.29, 1.82) is 0 Å². The molecule has 1 nitrogen and oxygen atoms in total. The fraction of sp³-hybridized carbons (Fsp3) is 0.333. The van der Waals surface area contributed by atoms with E-state index in [0.29, 0.717) is 5.75 Å². The summed E-state index contributed by atoms with van der Waals surface area (Å²) in [6, 6.07) is 11.1. The molecule has 106 valence electrons. The Morgan fingerprint density at radius 3 is 2.20 bits per heavy atom. The highest BCUT2D eigenvalue weighted by Crippen LogP contribution is 2.32. The second kappa shape index (κ2) is 5.28. The summed E-state index contributed by atoms with van der Waals surface area (Å²) in [5.74, 6) is 0.649. The van der Waals surface area contributed by atoms with Crippen LogP contribution in [0.15, 0.2) is 36.4 Å². The van der Waals surface area contributed by atoms with Gasteiger partial charge in [-0.15, -0.1) is 0 Å². The first kappa shape index (κ1) is 14.6. The third kappa shape index (κ3) is 3.19. The van der Waals surface area contributed by atoms with Crippen molar-refractivity contribution in [2.75, 3.05) is 0 Å². The molecule has 0 heterocycles. The molecule has 20 heavy (non-hydrogen) atoms. The molecule has 0 unspecified atom stereocenters. The Kier molecular flexibility index (Phi) is 3.85. The van der Waals surface area contributed by atoms with Crippen molar-refractivity contribution in [2.45, 2.75) is 40.0 Å². The van der Waals surface area contributed by atoms with Crippen LogP contribution in [-0.2, 0) is 5.41 Å². The molecule has 0 radical (unpaired) electrons. The zero-order chi connectivity index (χ0) is 14.9. The standard InChI is InChI=1S/C18H21FO/c1-12-6-9-16(15(19)10-12)20-17-11-14(18(3,4)5)8-7-13(17)2/h6-11H,1-5H3. The predicted octanol–water partition coefficient (Wildman–Crippen LogP) is 5.53. The summed E-state index contributed by atoms with van der Waals surface area (Å²) < 4.78 is 19.6. The molecule has 0 amide bonds. The maximum Gasteiger partial charge on any atom is 0.165 e. The van der Waals surface area contributed by atoms with Gasteiger partial charge in [-0.1, -0.05) is 39.0 Å². The van der Waals surface area contributed by atoms with E-state index in [4.69, 9.17) is 4.74 Å². The maximum absolute atomic E-state index is 13.9. The van der Waals surface area contributed by atoms with Gasteiger partial charge in [0.15, 0.2) is 11.6 Å². The lowest BCUT2D eigenvalue weighted by molar-refractivity contribution is 0.437. The molecular formula is C18H21FO. The first-order valence-electron chi connectivity index (χ1n) is 6.82. The fourth-order valence-electron chi connectivity index (χ4n) is 1.98. The molecule has 0 atom stereocenters. The summed E-state index contributed by atoms with van der Waals surface area (Å²) in [6.45, 7) is 10.3. The number of hydrogen-bond acceptors (Lipinski definition) is 1. The minimum Gasteiger partial charge on any atom is -0.454 e. The van der Waals surface area contributed by atoms with Gasteiger partial charge in [0.1, 0.15) is 5.75 Å². The molecule has 0 fully saturated rings. The SMILES string of the molecule is Cc1ccc(Oc2cc(C(C)(C)C)ccc2C)c(F)c1. The molecule has 2 rings (SSSR count). The summed E-state index contributed by atoms with van der Waals surface area (Å²) in [5, 5.41) is 0. The van der Waals surface area contributed by atoms with Crippen LogP contribution in [0.25, 0.3) is 0 Å². The van der Waals surface area contributed by atoms with E-state index >= 15 is 0 Å². The van der Waals surface area contributed by atoms with E-state index in [1.807, 2.05) is 32.0 Å². The average Bonchev–Trinajstić information content (AvgIpc) is 2.33. The number of benzene rings is 2. The molecule has 0 aliphatic carbocycles. The van der Waals surface area contributed by atoms with Crippen molar-refractivity contribution in [3.05, 3.63) is 58.9 Å². The minimum atomic E-state index is -0.328. The van der Waals surface area contributed by atoms with Gasteiger partial charge in [0.2, 0.25) is 0 Å². The number of rotatable bonds is 2. The molecule has 0 bridgehead atoms. The molecule has 0 spiro atoms. The van der Waals surface area contributed by atoms with Crippen LogP contribution in [0, 0.1) is 19.7 Å². The van der Waals surface area contributed by atoms with E-state index in [1.165, 1.54) is 11.6 Å². The average molecular weight is 272 g/mol. The number of hydrogen-bond donors (Lipinski definition) is 0. The lowest BCUT2D eigenvalue weighted by atomic mass is 9.86. The quantitative estimate of drug-likeness (QED) is 0.698. The van der Waals surface area contributed by atoms with E-state index in [2.05, 4.69) is 26.8 Å². The molecule has 0 saturated carbocycles. The third-order valence-corrected chi connectivity index (χ3v) is 3.36. The summed E-state index contributed by atoms with van der Waals surface area (Å²) in [5.41, 5.74) is 3.09. The van der Waals surface area contributed by atoms with Crippen molar-refractivity contribution >= 4 is 0 Å². The van der Waals surface area contributed by atoms with Gasteiger partial charge >= 0.3 is 0 Å². The zero-order valence-electron chi connectivity index (χ0n) is 12.8. The van der Waals surface area contributed by atoms with Gasteiger partial charge in [0.05, 0.1) is 0 Å². The smallest absolute Gasteiger partial charge is 0.165 e. The number of halogens is 1. The second-order valence-electron chi connectivity index (χ2n) is 6.27. The lowest BCUT2D eigenvalue weighted by Gasteiger charge is -2.21. The first-order chi connectivity index (χ1) is 9.27. The summed E-state index contributed by atoms with van der Waals surface area (Å²) in [7, 11) is 0. The molecule has 0 saturated heterocycles. The lowest BCUT2D eigenvalue weighted by Crippen LogP contribution is -2.11. The Morgan fingerprint density at radius 2 is 1.60 bits per heavy atom. The fourth-order valence-corrected chi connectivity index (χ4v) is 1.98. The maximum atomic E-state index is 13.9. The van der Waals surface area contributed by atoms with Crippen molar-refractivity contribution in [2.24, 2.45) is 0 Å². The van der Waals surface area contributed by atoms with Gasteiger partial charge in [-0.05, 0) is 54.2 Å². The molecule has 2 aromatic carbocycles. The van der Waals surface area contributed by atoms with E-state index in [1.54, 1.807) is 6.07 Å². The Hall–Kier alpha value is -1.83. The summed E-state index contributed by atoms with van der Waals surface area (Å²) in [4.78, 5) is 0. The Bertz CT molecular complexity index is 624. The second-order valence-corrected chi connectivity index (χ2v) is 6.27. The molecule has 2 heteroatoms. The van der Waals surface area contributed by atoms with Gasteiger partial charge < -0.3 is 4.74 Å². The molecular weight excluding hydrogens is 251 g/mol. The van der Waals surface area contributed by atoms with E-state index in [-0.39, 0.29) is 17.0 Å². The van der Waals surface area contributed by atoms with Gasteiger partial charge in [0.25, 0.3) is 0 Å². The molecule has 2 aromatic rings. The van der Waals surface area contributed by atoms with Crippen LogP contribution in [0.2, 0.25) is 0 Å². The van der Waals surface area contributed by atoms with Crippen LogP contribution in [0.5, 0.6) is 11.5 Å². The van der Waals surface area contributed by atoms with Crippen LogP contribution < -0.4 is 4.74 Å². The highest BCUT2D eigenvalue weighted by Gasteiger charge is 2.16. The van der Waals surface area contributed by atoms with Crippen LogP contribution >= 0.6 is 0 Å². The van der Waals surface area contributed by atoms with Crippen LogP contribution in [0.1, 0.15) is 37.5 Å². The van der Waals surface area contributed by atoms with Gasteiger partial charge in [-0.25, -0.2) is 4.39 Å². The Morgan fingerprint density at radius 1 is 0.900 bits per heavy atom. The van der Waals surface area contributed by atoms with Crippen molar-refractivity contribution < 1.29 is 9.13 Å². The molecule has 0 aliphatic heterocycles. The van der Waals surface area contributed by atoms with E-state index < -0.39 is 0 Å². The topological polar surface area (TPSA) is 9.23 Å². The van der Waals surface area contributed by atoms with Crippen molar-refractivity contribution in [3.63, 3.8) is 0 Å². The molecule has 0 N–H and O–H groups in total. The zero-order valence-corrected chi connectivity index (χ0v) is 12.8. The van der Waals surface area contributed by atoms with E-state index in [0.717, 1.165) is 11.1 Å². The van der Waals surface area contributed by atoms with Crippen LogP contribution in [0.4, 0.5) is 4.39 Å². The highest BCUT2D eigenvalue weighted by molar-refractivity contribution is 5.42. The van der Waals surface area contributed by atoms with Crippen molar-refractivity contribution in [3.8, 4) is 11.5 Å². The summed E-state index contributed by atoms with van der Waals surface area (Å²) >= 11 is 0. The predicted molar refractivity (Wildman–Crippen MR) is 81.1 cm³/mol. The van der Waals surface area contributed by atoms with Gasteiger partial charge in [-0.3, -0.25) is 0 Å². The number of aryl methyl sites for hydroxylation is 2. The largest absolute Gasteiger partial charge is 0.454 e. The number of ether oxygens (including phenoxy) is 1. The minimum absolute atomic E-state index is 0.0393. The monoisotopic (exact) mass is 272 g/mol. The first-order valence-corrected chi connectivity index (χ1v) is 6.82.